The van der Waals surface area contributed by atoms with Crippen molar-refractivity contribution in [3.05, 3.63) is 0 Å². The first-order valence-corrected chi connectivity index (χ1v) is 6.73. The lowest BCUT2D eigenvalue weighted by Gasteiger charge is -2.13. The third kappa shape index (κ3) is 17.6. The number of nitrogens with two attached hydrogens (primary N) is 4. The van der Waals surface area contributed by atoms with Gasteiger partial charge in [0.15, 0.2) is 0 Å². The lowest BCUT2D eigenvalue weighted by atomic mass is 10.1. The molecule has 134 valence electrons. The number of aliphatic hydroxyl groups is 3. The van der Waals surface area contributed by atoms with Gasteiger partial charge in [-0.15, -0.1) is 15.3 Å². The molecule has 0 unspecified atom stereocenters. The molecule has 16 heteroatoms. The Morgan fingerprint density at radius 2 is 1.43 bits per heavy atom. The third-order valence-electron chi connectivity index (χ3n) is 1.50. The van der Waals surface area contributed by atoms with Crippen molar-refractivity contribution in [3.63, 3.8) is 0 Å². The quantitative estimate of drug-likeness (QED) is 0.0935. The van der Waals surface area contributed by atoms with Crippen LogP contribution in [0.15, 0.2) is 20.4 Å². The highest BCUT2D eigenvalue weighted by Crippen LogP contribution is 1.96. The fourth-order valence-corrected chi connectivity index (χ4v) is 0.728. The molecule has 0 aliphatic rings. The maximum atomic E-state index is 9.56. The molecule has 0 radical (unpaired) electrons. The van der Waals surface area contributed by atoms with Crippen LogP contribution >= 0.6 is 0 Å². The van der Waals surface area contributed by atoms with Crippen molar-refractivity contribution in [1.29, 1.82) is 0 Å². The van der Waals surface area contributed by atoms with Crippen LogP contribution in [0.3, 0.4) is 0 Å². The summed E-state index contributed by atoms with van der Waals surface area (Å²) in [5, 5.41) is 40.8. The SMILES string of the molecule is NC(N)=NN=CC(=NN=C(N)N)[C@@H](O)[C@H](O)CO.O=S(=O)(O)O. The summed E-state index contributed by atoms with van der Waals surface area (Å²) in [4.78, 5) is 0. The summed E-state index contributed by atoms with van der Waals surface area (Å²) in [6, 6.07) is 0. The first-order chi connectivity index (χ1) is 10.4. The van der Waals surface area contributed by atoms with E-state index in [1.165, 1.54) is 0 Å². The molecule has 0 aliphatic carbocycles. The van der Waals surface area contributed by atoms with Gasteiger partial charge in [-0.3, -0.25) is 9.11 Å². The lowest BCUT2D eigenvalue weighted by molar-refractivity contribution is 0.0192. The number of nitrogens with zero attached hydrogens (tertiary/aromatic N) is 4. The summed E-state index contributed by atoms with van der Waals surface area (Å²) in [6.45, 7) is -0.696. The summed E-state index contributed by atoms with van der Waals surface area (Å²) in [5.74, 6) is -0.682. The van der Waals surface area contributed by atoms with Crippen LogP contribution in [0.2, 0.25) is 0 Å². The zero-order chi connectivity index (χ0) is 18.6. The van der Waals surface area contributed by atoms with Crippen LogP contribution < -0.4 is 22.9 Å². The largest absolute Gasteiger partial charge is 0.394 e. The Labute approximate surface area is 130 Å². The van der Waals surface area contributed by atoms with Crippen LogP contribution in [-0.2, 0) is 10.4 Å². The highest BCUT2D eigenvalue weighted by atomic mass is 32.3. The van der Waals surface area contributed by atoms with E-state index in [9.17, 15) is 10.2 Å². The minimum Gasteiger partial charge on any atom is -0.394 e. The Balaban J connectivity index is 0. The molecule has 0 fully saturated rings. The normalized spacial score (nSPS) is 14.4. The molecule has 0 saturated heterocycles. The summed E-state index contributed by atoms with van der Waals surface area (Å²) in [5.41, 5.74) is 19.9. The monoisotopic (exact) mass is 358 g/mol. The van der Waals surface area contributed by atoms with E-state index in [4.69, 9.17) is 45.6 Å². The molecular weight excluding hydrogens is 340 g/mol. The molecule has 0 saturated carbocycles. The molecule has 0 bridgehead atoms. The second kappa shape index (κ2) is 11.2. The summed E-state index contributed by atoms with van der Waals surface area (Å²) >= 11 is 0. The molecule has 0 aromatic carbocycles. The van der Waals surface area contributed by atoms with E-state index in [0.717, 1.165) is 6.21 Å². The average molecular weight is 358 g/mol. The third-order valence-corrected chi connectivity index (χ3v) is 1.50. The molecule has 13 N–H and O–H groups in total. The van der Waals surface area contributed by atoms with Crippen molar-refractivity contribution in [3.8, 4) is 0 Å². The Morgan fingerprint density at radius 3 is 1.78 bits per heavy atom. The van der Waals surface area contributed by atoms with E-state index >= 15 is 0 Å². The van der Waals surface area contributed by atoms with Gasteiger partial charge in [-0.25, -0.2) is 0 Å². The zero-order valence-corrected chi connectivity index (χ0v) is 12.3. The number of hydrogen-bond acceptors (Lipinski definition) is 9. The molecule has 15 nitrogen and oxygen atoms in total. The minimum absolute atomic E-state index is 0.241. The van der Waals surface area contributed by atoms with Crippen LogP contribution in [0.1, 0.15) is 0 Å². The highest BCUT2D eigenvalue weighted by Gasteiger charge is 2.20. The Hall–Kier alpha value is -2.37. The van der Waals surface area contributed by atoms with E-state index in [1.54, 1.807) is 0 Å². The molecule has 0 aromatic rings. The molecule has 0 heterocycles. The minimum atomic E-state index is -4.67. The van der Waals surface area contributed by atoms with Gasteiger partial charge in [0.25, 0.3) is 0 Å². The summed E-state index contributed by atoms with van der Waals surface area (Å²) in [6.07, 6.45) is -2.12. The van der Waals surface area contributed by atoms with E-state index < -0.39 is 29.2 Å². The maximum Gasteiger partial charge on any atom is 0.394 e. The Bertz CT molecular complexity index is 555. The maximum absolute atomic E-state index is 9.56. The fourth-order valence-electron chi connectivity index (χ4n) is 0.728. The van der Waals surface area contributed by atoms with E-state index in [1.807, 2.05) is 0 Å². The molecule has 0 amide bonds. The fraction of sp³-hybridized carbons (Fsp3) is 0.429. The van der Waals surface area contributed by atoms with Gasteiger partial charge < -0.3 is 38.3 Å². The Morgan fingerprint density at radius 1 is 1.00 bits per heavy atom. The lowest BCUT2D eigenvalue weighted by Crippen LogP contribution is -2.37. The number of rotatable bonds is 6. The smallest absolute Gasteiger partial charge is 0.394 e. The predicted octanol–water partition coefficient (Wildman–Crippen LogP) is -5.06. The van der Waals surface area contributed by atoms with E-state index in [2.05, 4.69) is 20.4 Å². The first-order valence-electron chi connectivity index (χ1n) is 5.33. The van der Waals surface area contributed by atoms with Crippen LogP contribution in [0, 0.1) is 0 Å². The second-order valence-electron chi connectivity index (χ2n) is 3.46. The van der Waals surface area contributed by atoms with Gasteiger partial charge in [-0.2, -0.15) is 13.5 Å². The van der Waals surface area contributed by atoms with Crippen molar-refractivity contribution >= 4 is 34.2 Å². The van der Waals surface area contributed by atoms with E-state index in [-0.39, 0.29) is 17.6 Å². The van der Waals surface area contributed by atoms with Crippen molar-refractivity contribution in [1.82, 2.24) is 0 Å². The second-order valence-corrected chi connectivity index (χ2v) is 4.36. The molecule has 0 spiro atoms. The van der Waals surface area contributed by atoms with Crippen molar-refractivity contribution in [2.24, 2.45) is 43.3 Å². The molecular formula is C7H18N8O7S. The molecule has 2 atom stereocenters. The summed E-state index contributed by atoms with van der Waals surface area (Å²) in [7, 11) is -4.67. The van der Waals surface area contributed by atoms with Gasteiger partial charge in [0.1, 0.15) is 17.9 Å². The number of aliphatic hydroxyl groups excluding tert-OH is 3. The van der Waals surface area contributed by atoms with Crippen molar-refractivity contribution in [2.75, 3.05) is 6.61 Å². The van der Waals surface area contributed by atoms with Gasteiger partial charge in [0.05, 0.1) is 12.8 Å². The van der Waals surface area contributed by atoms with Crippen molar-refractivity contribution < 1.29 is 32.8 Å². The zero-order valence-electron chi connectivity index (χ0n) is 11.5. The van der Waals surface area contributed by atoms with Gasteiger partial charge in [0, 0.05) is 0 Å². The first kappa shape index (κ1) is 22.9. The molecule has 0 aromatic heterocycles. The highest BCUT2D eigenvalue weighted by molar-refractivity contribution is 7.79. The Kier molecular flexibility index (Phi) is 11.2. The predicted molar refractivity (Wildman–Crippen MR) is 80.8 cm³/mol. The van der Waals surface area contributed by atoms with E-state index in [0.29, 0.717) is 0 Å². The van der Waals surface area contributed by atoms with Gasteiger partial charge in [-0.05, 0) is 0 Å². The van der Waals surface area contributed by atoms with Gasteiger partial charge >= 0.3 is 10.4 Å². The number of guanidine groups is 2. The van der Waals surface area contributed by atoms with Crippen LogP contribution in [-0.4, -0.2) is 75.5 Å². The van der Waals surface area contributed by atoms with Crippen LogP contribution in [0.4, 0.5) is 0 Å². The van der Waals surface area contributed by atoms with Crippen LogP contribution in [0.5, 0.6) is 0 Å². The van der Waals surface area contributed by atoms with Gasteiger partial charge in [-0.1, -0.05) is 0 Å². The van der Waals surface area contributed by atoms with Crippen molar-refractivity contribution in [2.45, 2.75) is 12.2 Å². The molecule has 23 heavy (non-hydrogen) atoms. The number of hydrogen-bond donors (Lipinski definition) is 9. The average Bonchev–Trinajstić information content (AvgIpc) is 2.38. The van der Waals surface area contributed by atoms with Crippen LogP contribution in [0.25, 0.3) is 0 Å². The topological polar surface area (TPSA) is 289 Å². The standard InChI is InChI=1S/C7H16N8O3.H2O4S/c8-6(9)14-12-1-3(13-15-7(10)11)5(18)4(17)2-16;1-5(2,3)4/h1,4-5,16-18H,2H2,(H4,8,9,14)(H4,10,11,15);(H2,1,2,3,4)/t4-,5-;/m1./s1. The molecule has 0 aliphatic heterocycles. The summed E-state index contributed by atoms with van der Waals surface area (Å²) < 4.78 is 31.6. The molecule has 0 rings (SSSR count). The van der Waals surface area contributed by atoms with Gasteiger partial charge in [0.2, 0.25) is 11.9 Å².